The van der Waals surface area contributed by atoms with Crippen molar-refractivity contribution in [2.45, 2.75) is 26.1 Å². The van der Waals surface area contributed by atoms with Gasteiger partial charge in [-0.3, -0.25) is 10.1 Å². The van der Waals surface area contributed by atoms with Crippen LogP contribution in [0, 0.1) is 10.1 Å². The number of hydrogen-bond donors (Lipinski definition) is 1. The van der Waals surface area contributed by atoms with Crippen molar-refractivity contribution in [1.82, 2.24) is 19.5 Å². The highest BCUT2D eigenvalue weighted by Crippen LogP contribution is 2.32. The van der Waals surface area contributed by atoms with Gasteiger partial charge in [-0.15, -0.1) is 0 Å². The Morgan fingerprint density at radius 1 is 1.21 bits per heavy atom. The highest BCUT2D eigenvalue weighted by Gasteiger charge is 2.23. The number of nitrogens with two attached hydrogens (primary N) is 1. The van der Waals surface area contributed by atoms with Crippen LogP contribution in [0.3, 0.4) is 0 Å². The standard InChI is InChI=1S/C21H19N9O3/c1-13(16-4-2-3-5-17(16)30(31)32)29-12-24-19-18(29)20(27-21(22)26-19)33-11-15-8-6-14(7-9-15)10-25-28-23/h2-9,12-13H,10-11H2,1H3,(H2,22,26,27). The van der Waals surface area contributed by atoms with Crippen LogP contribution in [-0.4, -0.2) is 24.4 Å². The van der Waals surface area contributed by atoms with Crippen LogP contribution in [0.1, 0.15) is 29.7 Å². The number of rotatable bonds is 8. The second kappa shape index (κ2) is 9.20. The predicted molar refractivity (Wildman–Crippen MR) is 120 cm³/mol. The summed E-state index contributed by atoms with van der Waals surface area (Å²) in [6.07, 6.45) is 1.54. The minimum absolute atomic E-state index is 0.00538. The second-order valence-electron chi connectivity index (χ2n) is 7.20. The summed E-state index contributed by atoms with van der Waals surface area (Å²) >= 11 is 0. The van der Waals surface area contributed by atoms with Gasteiger partial charge in [0.15, 0.2) is 11.2 Å². The second-order valence-corrected chi connectivity index (χ2v) is 7.20. The predicted octanol–water partition coefficient (Wildman–Crippen LogP) is 4.32. The van der Waals surface area contributed by atoms with Crippen molar-refractivity contribution in [3.8, 4) is 5.88 Å². The lowest BCUT2D eigenvalue weighted by Gasteiger charge is -2.16. The summed E-state index contributed by atoms with van der Waals surface area (Å²) in [5.41, 5.74) is 17.3. The Bertz CT molecular complexity index is 1360. The van der Waals surface area contributed by atoms with Gasteiger partial charge < -0.3 is 15.0 Å². The van der Waals surface area contributed by atoms with Gasteiger partial charge in [0.25, 0.3) is 5.69 Å². The van der Waals surface area contributed by atoms with E-state index in [0.717, 1.165) is 11.1 Å². The number of para-hydroxylation sites is 1. The third-order valence-corrected chi connectivity index (χ3v) is 5.13. The zero-order valence-corrected chi connectivity index (χ0v) is 17.6. The van der Waals surface area contributed by atoms with Crippen molar-refractivity contribution in [2.75, 3.05) is 5.73 Å². The van der Waals surface area contributed by atoms with E-state index < -0.39 is 11.0 Å². The number of fused-ring (bicyclic) bond motifs is 1. The molecule has 0 spiro atoms. The normalized spacial score (nSPS) is 11.7. The highest BCUT2D eigenvalue weighted by molar-refractivity contribution is 5.78. The van der Waals surface area contributed by atoms with E-state index in [2.05, 4.69) is 25.0 Å². The molecule has 0 saturated carbocycles. The van der Waals surface area contributed by atoms with Gasteiger partial charge in [0, 0.05) is 11.0 Å². The molecule has 0 saturated heterocycles. The first-order chi connectivity index (χ1) is 16.0. The minimum Gasteiger partial charge on any atom is -0.471 e. The molecule has 2 aromatic carbocycles. The number of hydrogen-bond acceptors (Lipinski definition) is 8. The average Bonchev–Trinajstić information content (AvgIpc) is 3.25. The third kappa shape index (κ3) is 4.50. The number of azide groups is 1. The van der Waals surface area contributed by atoms with E-state index in [1.165, 1.54) is 12.4 Å². The quantitative estimate of drug-likeness (QED) is 0.138. The smallest absolute Gasteiger partial charge is 0.274 e. The summed E-state index contributed by atoms with van der Waals surface area (Å²) in [5, 5.41) is 15.0. The lowest BCUT2D eigenvalue weighted by Crippen LogP contribution is -2.10. The SMILES string of the molecule is CC(c1ccccc1[N+](=O)[O-])n1cnc2nc(N)nc(OCc3ccc(CN=[N+]=[N-])cc3)c21. The van der Waals surface area contributed by atoms with E-state index in [1.807, 2.05) is 31.2 Å². The number of ether oxygens (including phenoxy) is 1. The van der Waals surface area contributed by atoms with Crippen LogP contribution in [-0.2, 0) is 13.2 Å². The average molecular weight is 445 g/mol. The van der Waals surface area contributed by atoms with Crippen molar-refractivity contribution >= 4 is 22.8 Å². The van der Waals surface area contributed by atoms with Gasteiger partial charge in [0.05, 0.1) is 29.4 Å². The molecule has 0 aliphatic heterocycles. The number of aromatic nitrogens is 4. The van der Waals surface area contributed by atoms with Gasteiger partial charge in [0.1, 0.15) is 6.61 Å². The van der Waals surface area contributed by atoms with Crippen molar-refractivity contribution in [3.63, 3.8) is 0 Å². The summed E-state index contributed by atoms with van der Waals surface area (Å²) in [7, 11) is 0. The first kappa shape index (κ1) is 21.5. The van der Waals surface area contributed by atoms with Gasteiger partial charge in [-0.05, 0) is 23.6 Å². The molecule has 0 aliphatic rings. The Balaban J connectivity index is 1.66. The maximum atomic E-state index is 11.5. The van der Waals surface area contributed by atoms with E-state index in [0.29, 0.717) is 16.7 Å². The molecule has 12 nitrogen and oxygen atoms in total. The maximum Gasteiger partial charge on any atom is 0.274 e. The highest BCUT2D eigenvalue weighted by atomic mass is 16.6. The number of anilines is 1. The Morgan fingerprint density at radius 3 is 2.67 bits per heavy atom. The molecule has 4 aromatic rings. The molecule has 166 valence electrons. The Morgan fingerprint density at radius 2 is 1.94 bits per heavy atom. The molecule has 2 aromatic heterocycles. The van der Waals surface area contributed by atoms with E-state index in [9.17, 15) is 10.1 Å². The van der Waals surface area contributed by atoms with Crippen LogP contribution >= 0.6 is 0 Å². The summed E-state index contributed by atoms with van der Waals surface area (Å²) < 4.78 is 7.69. The molecule has 1 atom stereocenters. The lowest BCUT2D eigenvalue weighted by molar-refractivity contribution is -0.385. The number of nitro benzene ring substituents is 1. The maximum absolute atomic E-state index is 11.5. The third-order valence-electron chi connectivity index (χ3n) is 5.13. The largest absolute Gasteiger partial charge is 0.471 e. The summed E-state index contributed by atoms with van der Waals surface area (Å²) in [6.45, 7) is 2.29. The molecular weight excluding hydrogens is 426 g/mol. The zero-order valence-electron chi connectivity index (χ0n) is 17.6. The summed E-state index contributed by atoms with van der Waals surface area (Å²) in [4.78, 5) is 26.5. The number of nitro groups is 1. The lowest BCUT2D eigenvalue weighted by atomic mass is 10.1. The van der Waals surface area contributed by atoms with Crippen molar-refractivity contribution in [1.29, 1.82) is 0 Å². The summed E-state index contributed by atoms with van der Waals surface area (Å²) in [6, 6.07) is 13.5. The Labute approximate surface area is 187 Å². The van der Waals surface area contributed by atoms with Crippen LogP contribution in [0.25, 0.3) is 21.6 Å². The number of imidazole rings is 1. The number of benzene rings is 2. The Kier molecular flexibility index (Phi) is 6.00. The molecule has 33 heavy (non-hydrogen) atoms. The molecule has 4 rings (SSSR count). The molecule has 0 radical (unpaired) electrons. The molecule has 2 N–H and O–H groups in total. The molecule has 0 bridgehead atoms. The van der Waals surface area contributed by atoms with Crippen LogP contribution in [0.2, 0.25) is 0 Å². The zero-order chi connectivity index (χ0) is 23.4. The topological polar surface area (TPSA) is 171 Å². The minimum atomic E-state index is -0.439. The van der Waals surface area contributed by atoms with Gasteiger partial charge in [0.2, 0.25) is 11.8 Å². The molecule has 0 aliphatic carbocycles. The fourth-order valence-electron chi connectivity index (χ4n) is 3.49. The van der Waals surface area contributed by atoms with E-state index in [-0.39, 0.29) is 30.7 Å². The first-order valence-electron chi connectivity index (χ1n) is 9.92. The number of nitrogens with zero attached hydrogens (tertiary/aromatic N) is 8. The van der Waals surface area contributed by atoms with Crippen molar-refractivity contribution in [2.24, 2.45) is 5.11 Å². The first-order valence-corrected chi connectivity index (χ1v) is 9.92. The van der Waals surface area contributed by atoms with Gasteiger partial charge in [-0.1, -0.05) is 47.6 Å². The number of nitrogen functional groups attached to an aromatic ring is 1. The van der Waals surface area contributed by atoms with Gasteiger partial charge in [-0.25, -0.2) is 4.98 Å². The molecule has 0 amide bonds. The van der Waals surface area contributed by atoms with Crippen LogP contribution in [0.4, 0.5) is 11.6 Å². The van der Waals surface area contributed by atoms with E-state index >= 15 is 0 Å². The fourth-order valence-corrected chi connectivity index (χ4v) is 3.49. The van der Waals surface area contributed by atoms with Gasteiger partial charge in [-0.2, -0.15) is 9.97 Å². The molecular formula is C21H19N9O3. The van der Waals surface area contributed by atoms with Crippen molar-refractivity contribution in [3.05, 3.63) is 92.1 Å². The van der Waals surface area contributed by atoms with E-state index in [1.54, 1.807) is 22.8 Å². The summed E-state index contributed by atoms with van der Waals surface area (Å²) in [5.74, 6) is 0.226. The molecule has 12 heteroatoms. The van der Waals surface area contributed by atoms with Crippen LogP contribution in [0.15, 0.2) is 60.0 Å². The Hall–Kier alpha value is -4.70. The van der Waals surface area contributed by atoms with Crippen LogP contribution in [0.5, 0.6) is 5.88 Å². The molecule has 0 fully saturated rings. The van der Waals surface area contributed by atoms with E-state index in [4.69, 9.17) is 16.0 Å². The van der Waals surface area contributed by atoms with Gasteiger partial charge >= 0.3 is 0 Å². The van der Waals surface area contributed by atoms with Crippen molar-refractivity contribution < 1.29 is 9.66 Å². The van der Waals surface area contributed by atoms with Crippen LogP contribution < -0.4 is 10.5 Å². The molecule has 2 heterocycles. The fraction of sp³-hybridized carbons (Fsp3) is 0.190. The monoisotopic (exact) mass is 445 g/mol. The molecule has 1 unspecified atom stereocenters.